The molecule has 1 aliphatic rings. The fourth-order valence-corrected chi connectivity index (χ4v) is 2.55. The van der Waals surface area contributed by atoms with Crippen LogP contribution in [0.3, 0.4) is 0 Å². The van der Waals surface area contributed by atoms with E-state index >= 15 is 0 Å². The third kappa shape index (κ3) is 2.14. The zero-order valence-electron chi connectivity index (χ0n) is 11.8. The van der Waals surface area contributed by atoms with Crippen LogP contribution in [-0.2, 0) is 4.79 Å². The van der Waals surface area contributed by atoms with E-state index in [2.05, 4.69) is 10.1 Å². The van der Waals surface area contributed by atoms with Crippen LogP contribution in [0.5, 0.6) is 0 Å². The fourth-order valence-electron chi connectivity index (χ4n) is 2.55. The Hall–Kier alpha value is -2.44. The lowest BCUT2D eigenvalue weighted by atomic mass is 9.90. The summed E-state index contributed by atoms with van der Waals surface area (Å²) >= 11 is 0. The number of pyridine rings is 1. The standard InChI is InChI=1S/C14H15N3O4/c1-8-10-5-9(6-15-11(10)21-16-8)12(18)17-4-3-14(2,7-17)13(19)20/h5-6H,3-4,7H2,1-2H3,(H,19,20). The number of aromatic nitrogens is 2. The molecule has 1 atom stereocenters. The molecule has 0 saturated carbocycles. The SMILES string of the molecule is Cc1noc2ncc(C(=O)N3CCC(C)(C(=O)O)C3)cc12. The average molecular weight is 289 g/mol. The van der Waals surface area contributed by atoms with Crippen LogP contribution in [-0.4, -0.2) is 45.1 Å². The van der Waals surface area contributed by atoms with Gasteiger partial charge in [-0.05, 0) is 26.3 Å². The maximum atomic E-state index is 12.5. The molecule has 1 unspecified atom stereocenters. The van der Waals surface area contributed by atoms with Crippen LogP contribution in [0.15, 0.2) is 16.8 Å². The highest BCUT2D eigenvalue weighted by Gasteiger charge is 2.42. The summed E-state index contributed by atoms with van der Waals surface area (Å²) in [4.78, 5) is 29.3. The Morgan fingerprint density at radius 2 is 2.24 bits per heavy atom. The van der Waals surface area contributed by atoms with E-state index in [1.54, 1.807) is 24.8 Å². The van der Waals surface area contributed by atoms with Crippen molar-refractivity contribution in [2.45, 2.75) is 20.3 Å². The van der Waals surface area contributed by atoms with E-state index in [0.29, 0.717) is 35.3 Å². The van der Waals surface area contributed by atoms with Crippen molar-refractivity contribution in [1.82, 2.24) is 15.0 Å². The number of carbonyl (C=O) groups is 2. The summed E-state index contributed by atoms with van der Waals surface area (Å²) in [5.74, 6) is -1.09. The third-order valence-electron chi connectivity index (χ3n) is 4.03. The summed E-state index contributed by atoms with van der Waals surface area (Å²) in [6.07, 6.45) is 1.89. The van der Waals surface area contributed by atoms with Crippen LogP contribution in [0.1, 0.15) is 29.4 Å². The lowest BCUT2D eigenvalue weighted by Gasteiger charge is -2.20. The monoisotopic (exact) mass is 289 g/mol. The number of nitrogens with zero attached hydrogens (tertiary/aromatic N) is 3. The molecule has 2 aromatic rings. The zero-order valence-corrected chi connectivity index (χ0v) is 11.8. The lowest BCUT2D eigenvalue weighted by molar-refractivity contribution is -0.147. The van der Waals surface area contributed by atoms with E-state index in [4.69, 9.17) is 4.52 Å². The predicted molar refractivity (Wildman–Crippen MR) is 72.8 cm³/mol. The van der Waals surface area contributed by atoms with Crippen molar-refractivity contribution in [2.75, 3.05) is 13.1 Å². The molecule has 0 spiro atoms. The summed E-state index contributed by atoms with van der Waals surface area (Å²) in [5.41, 5.74) is 0.605. The molecule has 0 aliphatic carbocycles. The van der Waals surface area contributed by atoms with Gasteiger partial charge in [0.05, 0.1) is 22.1 Å². The van der Waals surface area contributed by atoms with Crippen molar-refractivity contribution < 1.29 is 19.2 Å². The van der Waals surface area contributed by atoms with Gasteiger partial charge >= 0.3 is 5.97 Å². The number of amides is 1. The summed E-state index contributed by atoms with van der Waals surface area (Å²) in [6.45, 7) is 4.08. The molecule has 0 aromatic carbocycles. The van der Waals surface area contributed by atoms with E-state index in [1.807, 2.05) is 0 Å². The maximum Gasteiger partial charge on any atom is 0.311 e. The first-order valence-electron chi connectivity index (χ1n) is 6.65. The molecule has 21 heavy (non-hydrogen) atoms. The quantitative estimate of drug-likeness (QED) is 0.899. The molecule has 3 rings (SSSR count). The zero-order chi connectivity index (χ0) is 15.2. The van der Waals surface area contributed by atoms with E-state index in [0.717, 1.165) is 0 Å². The largest absolute Gasteiger partial charge is 0.481 e. The number of aryl methyl sites for hydroxylation is 1. The predicted octanol–water partition coefficient (Wildman–Crippen LogP) is 1.47. The number of fused-ring (bicyclic) bond motifs is 1. The number of hydrogen-bond donors (Lipinski definition) is 1. The number of likely N-dealkylation sites (tertiary alicyclic amines) is 1. The van der Waals surface area contributed by atoms with Crippen LogP contribution in [0, 0.1) is 12.3 Å². The highest BCUT2D eigenvalue weighted by molar-refractivity contribution is 5.97. The Kier molecular flexibility index (Phi) is 2.93. The second-order valence-electron chi connectivity index (χ2n) is 5.69. The minimum Gasteiger partial charge on any atom is -0.481 e. The number of hydrogen-bond acceptors (Lipinski definition) is 5. The van der Waals surface area contributed by atoms with Crippen LogP contribution in [0.2, 0.25) is 0 Å². The fraction of sp³-hybridized carbons (Fsp3) is 0.429. The van der Waals surface area contributed by atoms with Crippen molar-refractivity contribution in [1.29, 1.82) is 0 Å². The normalized spacial score (nSPS) is 21.9. The van der Waals surface area contributed by atoms with Crippen molar-refractivity contribution in [3.05, 3.63) is 23.5 Å². The number of carboxylic acids is 1. The van der Waals surface area contributed by atoms with Gasteiger partial charge in [-0.3, -0.25) is 9.59 Å². The molecule has 7 nitrogen and oxygen atoms in total. The second-order valence-corrected chi connectivity index (χ2v) is 5.69. The van der Waals surface area contributed by atoms with Crippen molar-refractivity contribution >= 4 is 23.0 Å². The molecular weight excluding hydrogens is 274 g/mol. The Labute approximate surface area is 120 Å². The van der Waals surface area contributed by atoms with Crippen molar-refractivity contribution in [2.24, 2.45) is 5.41 Å². The van der Waals surface area contributed by atoms with Crippen LogP contribution < -0.4 is 0 Å². The summed E-state index contributed by atoms with van der Waals surface area (Å²) < 4.78 is 5.01. The number of carbonyl (C=O) groups excluding carboxylic acids is 1. The van der Waals surface area contributed by atoms with E-state index in [1.165, 1.54) is 6.20 Å². The Bertz CT molecular complexity index is 739. The molecule has 1 fully saturated rings. The summed E-state index contributed by atoms with van der Waals surface area (Å²) in [6, 6.07) is 1.69. The molecule has 1 saturated heterocycles. The Morgan fingerprint density at radius 3 is 2.90 bits per heavy atom. The van der Waals surface area contributed by atoms with Gasteiger partial charge in [-0.1, -0.05) is 5.16 Å². The number of carboxylic acid groups (broad SMARTS) is 1. The van der Waals surface area contributed by atoms with Crippen LogP contribution in [0.25, 0.3) is 11.1 Å². The lowest BCUT2D eigenvalue weighted by Crippen LogP contribution is -2.34. The van der Waals surface area contributed by atoms with Gasteiger partial charge in [0.1, 0.15) is 0 Å². The van der Waals surface area contributed by atoms with Crippen molar-refractivity contribution in [3.63, 3.8) is 0 Å². The minimum absolute atomic E-state index is 0.210. The van der Waals surface area contributed by atoms with Gasteiger partial charge in [0.2, 0.25) is 0 Å². The number of aliphatic carboxylic acids is 1. The van der Waals surface area contributed by atoms with Gasteiger partial charge in [-0.25, -0.2) is 4.98 Å². The van der Waals surface area contributed by atoms with Gasteiger partial charge < -0.3 is 14.5 Å². The van der Waals surface area contributed by atoms with E-state index in [9.17, 15) is 14.7 Å². The van der Waals surface area contributed by atoms with Gasteiger partial charge in [-0.15, -0.1) is 0 Å². The smallest absolute Gasteiger partial charge is 0.311 e. The second kappa shape index (κ2) is 4.54. The molecule has 0 radical (unpaired) electrons. The van der Waals surface area contributed by atoms with E-state index < -0.39 is 11.4 Å². The summed E-state index contributed by atoms with van der Waals surface area (Å²) in [7, 11) is 0. The van der Waals surface area contributed by atoms with Gasteiger partial charge in [0.25, 0.3) is 11.6 Å². The first-order valence-corrected chi connectivity index (χ1v) is 6.65. The first-order chi connectivity index (χ1) is 9.90. The number of rotatable bonds is 2. The molecule has 2 aromatic heterocycles. The van der Waals surface area contributed by atoms with E-state index in [-0.39, 0.29) is 12.5 Å². The van der Waals surface area contributed by atoms with Gasteiger partial charge in [-0.2, -0.15) is 0 Å². The highest BCUT2D eigenvalue weighted by Crippen LogP contribution is 2.31. The molecule has 1 amide bonds. The highest BCUT2D eigenvalue weighted by atomic mass is 16.5. The average Bonchev–Trinajstić information content (AvgIpc) is 3.03. The van der Waals surface area contributed by atoms with Gasteiger partial charge in [0, 0.05) is 19.3 Å². The molecule has 1 aliphatic heterocycles. The Morgan fingerprint density at radius 1 is 1.48 bits per heavy atom. The van der Waals surface area contributed by atoms with Crippen LogP contribution in [0.4, 0.5) is 0 Å². The molecule has 0 bridgehead atoms. The topological polar surface area (TPSA) is 96.5 Å². The molecule has 110 valence electrons. The molecular formula is C14H15N3O4. The Balaban J connectivity index is 1.87. The molecule has 3 heterocycles. The minimum atomic E-state index is -0.875. The van der Waals surface area contributed by atoms with Gasteiger partial charge in [0.15, 0.2) is 0 Å². The molecule has 7 heteroatoms. The first kappa shape index (κ1) is 13.5. The van der Waals surface area contributed by atoms with Crippen molar-refractivity contribution in [3.8, 4) is 0 Å². The molecule has 1 N–H and O–H groups in total. The third-order valence-corrected chi connectivity index (χ3v) is 4.03. The summed E-state index contributed by atoms with van der Waals surface area (Å²) in [5, 5.41) is 13.7. The maximum absolute atomic E-state index is 12.5. The van der Waals surface area contributed by atoms with Crippen LogP contribution >= 0.6 is 0 Å².